The monoisotopic (exact) mass is 316 g/mol. The van der Waals surface area contributed by atoms with Crippen molar-refractivity contribution >= 4 is 17.5 Å². The largest absolute Gasteiger partial charge is 0.376 e. The summed E-state index contributed by atoms with van der Waals surface area (Å²) in [5.74, 6) is -0.288. The first-order valence-electron chi connectivity index (χ1n) is 8.30. The van der Waals surface area contributed by atoms with Crippen LogP contribution in [0, 0.1) is 19.8 Å². The quantitative estimate of drug-likeness (QED) is 0.927. The molecule has 2 atom stereocenters. The van der Waals surface area contributed by atoms with Crippen LogP contribution in [0.3, 0.4) is 0 Å². The summed E-state index contributed by atoms with van der Waals surface area (Å²) >= 11 is 0. The van der Waals surface area contributed by atoms with Crippen molar-refractivity contribution in [2.45, 2.75) is 39.2 Å². The highest BCUT2D eigenvalue weighted by molar-refractivity contribution is 5.97. The standard InChI is InChI=1S/C18H24N2O3/c1-12-6-13(2)8-15(7-12)19-18(22)14-9-17(21)20(10-14)11-16-4-3-5-23-16/h6-8,14,16H,3-5,9-11H2,1-2H3,(H,19,22). The molecule has 2 unspecified atom stereocenters. The molecule has 3 rings (SSSR count). The number of benzene rings is 1. The van der Waals surface area contributed by atoms with Crippen LogP contribution in [0.25, 0.3) is 0 Å². The summed E-state index contributed by atoms with van der Waals surface area (Å²) in [7, 11) is 0. The number of carbonyl (C=O) groups excluding carboxylic acids is 2. The third kappa shape index (κ3) is 3.91. The van der Waals surface area contributed by atoms with E-state index in [1.165, 1.54) is 0 Å². The highest BCUT2D eigenvalue weighted by Gasteiger charge is 2.35. The third-order valence-electron chi connectivity index (χ3n) is 4.52. The van der Waals surface area contributed by atoms with Crippen LogP contribution in [0.2, 0.25) is 0 Å². The first kappa shape index (κ1) is 16.0. The fourth-order valence-electron chi connectivity index (χ4n) is 3.45. The molecule has 2 heterocycles. The maximum Gasteiger partial charge on any atom is 0.229 e. The van der Waals surface area contributed by atoms with Gasteiger partial charge in [-0.05, 0) is 49.9 Å². The van der Waals surface area contributed by atoms with E-state index in [-0.39, 0.29) is 23.8 Å². The minimum atomic E-state index is -0.273. The van der Waals surface area contributed by atoms with Crippen molar-refractivity contribution in [3.05, 3.63) is 29.3 Å². The van der Waals surface area contributed by atoms with Crippen LogP contribution in [-0.2, 0) is 14.3 Å². The van der Waals surface area contributed by atoms with Gasteiger partial charge in [0.1, 0.15) is 0 Å². The van der Waals surface area contributed by atoms with E-state index in [1.54, 1.807) is 4.90 Å². The summed E-state index contributed by atoms with van der Waals surface area (Å²) in [5.41, 5.74) is 3.03. The third-order valence-corrected chi connectivity index (χ3v) is 4.52. The minimum absolute atomic E-state index is 0.0565. The van der Waals surface area contributed by atoms with Crippen LogP contribution < -0.4 is 5.32 Å². The molecule has 23 heavy (non-hydrogen) atoms. The summed E-state index contributed by atoms with van der Waals surface area (Å²) in [6, 6.07) is 5.97. The Kier molecular flexibility index (Phi) is 4.66. The molecule has 0 spiro atoms. The minimum Gasteiger partial charge on any atom is -0.376 e. The molecule has 1 aromatic carbocycles. The van der Waals surface area contributed by atoms with Crippen molar-refractivity contribution in [2.24, 2.45) is 5.92 Å². The summed E-state index contributed by atoms with van der Waals surface area (Å²) in [6.45, 7) is 5.90. The molecular formula is C18H24N2O3. The van der Waals surface area contributed by atoms with Crippen molar-refractivity contribution in [1.82, 2.24) is 4.90 Å². The molecule has 0 bridgehead atoms. The van der Waals surface area contributed by atoms with Crippen molar-refractivity contribution in [2.75, 3.05) is 25.0 Å². The molecule has 2 amide bonds. The van der Waals surface area contributed by atoms with Crippen LogP contribution in [0.1, 0.15) is 30.4 Å². The van der Waals surface area contributed by atoms with Crippen molar-refractivity contribution in [3.8, 4) is 0 Å². The average Bonchev–Trinajstić information content (AvgIpc) is 3.09. The Labute approximate surface area is 137 Å². The fourth-order valence-corrected chi connectivity index (χ4v) is 3.45. The van der Waals surface area contributed by atoms with Gasteiger partial charge in [0.15, 0.2) is 0 Å². The Hall–Kier alpha value is -1.88. The zero-order valence-electron chi connectivity index (χ0n) is 13.8. The van der Waals surface area contributed by atoms with Gasteiger partial charge < -0.3 is 15.0 Å². The van der Waals surface area contributed by atoms with Crippen LogP contribution in [0.4, 0.5) is 5.69 Å². The summed E-state index contributed by atoms with van der Waals surface area (Å²) < 4.78 is 5.59. The number of rotatable bonds is 4. The number of ether oxygens (including phenoxy) is 1. The molecule has 0 aliphatic carbocycles. The van der Waals surface area contributed by atoms with E-state index in [9.17, 15) is 9.59 Å². The Balaban J connectivity index is 1.58. The van der Waals surface area contributed by atoms with Gasteiger partial charge in [-0.2, -0.15) is 0 Å². The first-order valence-corrected chi connectivity index (χ1v) is 8.30. The maximum atomic E-state index is 12.4. The molecule has 2 aliphatic rings. The zero-order chi connectivity index (χ0) is 16.4. The molecular weight excluding hydrogens is 292 g/mol. The van der Waals surface area contributed by atoms with E-state index < -0.39 is 0 Å². The number of likely N-dealkylation sites (tertiary alicyclic amines) is 1. The van der Waals surface area contributed by atoms with Gasteiger partial charge in [0, 0.05) is 31.8 Å². The predicted octanol–water partition coefficient (Wildman–Crippen LogP) is 2.27. The summed E-state index contributed by atoms with van der Waals surface area (Å²) in [6.07, 6.45) is 2.50. The van der Waals surface area contributed by atoms with E-state index in [4.69, 9.17) is 4.74 Å². The maximum absolute atomic E-state index is 12.4. The molecule has 5 heteroatoms. The zero-order valence-corrected chi connectivity index (χ0v) is 13.8. The first-order chi connectivity index (χ1) is 11.0. The lowest BCUT2D eigenvalue weighted by atomic mass is 10.1. The number of nitrogens with zero attached hydrogens (tertiary/aromatic N) is 1. The number of nitrogens with one attached hydrogen (secondary N) is 1. The molecule has 0 saturated carbocycles. The van der Waals surface area contributed by atoms with Crippen molar-refractivity contribution in [1.29, 1.82) is 0 Å². The highest BCUT2D eigenvalue weighted by atomic mass is 16.5. The normalized spacial score (nSPS) is 24.3. The molecule has 2 fully saturated rings. The molecule has 2 aliphatic heterocycles. The number of amides is 2. The summed E-state index contributed by atoms with van der Waals surface area (Å²) in [4.78, 5) is 26.4. The van der Waals surface area contributed by atoms with Crippen LogP contribution in [0.15, 0.2) is 18.2 Å². The second-order valence-corrected chi connectivity index (χ2v) is 6.70. The van der Waals surface area contributed by atoms with E-state index in [0.29, 0.717) is 19.5 Å². The van der Waals surface area contributed by atoms with Gasteiger partial charge in [0.2, 0.25) is 11.8 Å². The Morgan fingerprint density at radius 2 is 2.04 bits per heavy atom. The lowest BCUT2D eigenvalue weighted by Gasteiger charge is -2.20. The molecule has 124 valence electrons. The Morgan fingerprint density at radius 3 is 2.70 bits per heavy atom. The van der Waals surface area contributed by atoms with Gasteiger partial charge in [0.05, 0.1) is 12.0 Å². The number of hydrogen-bond acceptors (Lipinski definition) is 3. The van der Waals surface area contributed by atoms with E-state index in [1.807, 2.05) is 26.0 Å². The topological polar surface area (TPSA) is 58.6 Å². The van der Waals surface area contributed by atoms with Crippen LogP contribution >= 0.6 is 0 Å². The summed E-state index contributed by atoms with van der Waals surface area (Å²) in [5, 5.41) is 2.95. The average molecular weight is 316 g/mol. The smallest absolute Gasteiger partial charge is 0.229 e. The number of aryl methyl sites for hydroxylation is 2. The second kappa shape index (κ2) is 6.71. The highest BCUT2D eigenvalue weighted by Crippen LogP contribution is 2.23. The van der Waals surface area contributed by atoms with Crippen molar-refractivity contribution in [3.63, 3.8) is 0 Å². The number of hydrogen-bond donors (Lipinski definition) is 1. The Morgan fingerprint density at radius 1 is 1.30 bits per heavy atom. The number of carbonyl (C=O) groups is 2. The molecule has 0 radical (unpaired) electrons. The molecule has 5 nitrogen and oxygen atoms in total. The van der Waals surface area contributed by atoms with Crippen molar-refractivity contribution < 1.29 is 14.3 Å². The van der Waals surface area contributed by atoms with Gasteiger partial charge in [-0.3, -0.25) is 9.59 Å². The molecule has 2 saturated heterocycles. The molecule has 1 aromatic rings. The van der Waals surface area contributed by atoms with Gasteiger partial charge in [0.25, 0.3) is 0 Å². The number of anilines is 1. The van der Waals surface area contributed by atoms with Gasteiger partial charge in [-0.15, -0.1) is 0 Å². The van der Waals surface area contributed by atoms with Crippen LogP contribution in [-0.4, -0.2) is 42.5 Å². The fraction of sp³-hybridized carbons (Fsp3) is 0.556. The second-order valence-electron chi connectivity index (χ2n) is 6.70. The molecule has 1 N–H and O–H groups in total. The van der Waals surface area contributed by atoms with Gasteiger partial charge in [-0.1, -0.05) is 6.07 Å². The predicted molar refractivity (Wildman–Crippen MR) is 88.2 cm³/mol. The van der Waals surface area contributed by atoms with E-state index in [0.717, 1.165) is 36.3 Å². The van der Waals surface area contributed by atoms with E-state index >= 15 is 0 Å². The SMILES string of the molecule is Cc1cc(C)cc(NC(=O)C2CC(=O)N(CC3CCCO3)C2)c1. The molecule has 0 aromatic heterocycles. The van der Waals surface area contributed by atoms with Crippen LogP contribution in [0.5, 0.6) is 0 Å². The van der Waals surface area contributed by atoms with Gasteiger partial charge >= 0.3 is 0 Å². The van der Waals surface area contributed by atoms with E-state index in [2.05, 4.69) is 11.4 Å². The van der Waals surface area contributed by atoms with Gasteiger partial charge in [-0.25, -0.2) is 0 Å². The Bertz CT molecular complexity index is 588. The lowest BCUT2D eigenvalue weighted by Crippen LogP contribution is -2.34. The lowest BCUT2D eigenvalue weighted by molar-refractivity contribution is -0.129.